The molecular weight excluding hydrogens is 184 g/mol. The van der Waals surface area contributed by atoms with Gasteiger partial charge in [-0.1, -0.05) is 0 Å². The summed E-state index contributed by atoms with van der Waals surface area (Å²) in [6.07, 6.45) is 4.76. The first-order valence-corrected chi connectivity index (χ1v) is 5.58. The second kappa shape index (κ2) is 4.97. The van der Waals surface area contributed by atoms with Crippen LogP contribution in [0.5, 0.6) is 0 Å². The second-order valence-electron chi connectivity index (χ2n) is 2.84. The molecule has 2 N–H and O–H groups in total. The van der Waals surface area contributed by atoms with E-state index in [9.17, 15) is 4.79 Å². The molecule has 0 bridgehead atoms. The number of hydrogen-bond acceptors (Lipinski definition) is 3. The van der Waals surface area contributed by atoms with Crippen molar-refractivity contribution in [3.05, 3.63) is 28.7 Å². The van der Waals surface area contributed by atoms with Crippen molar-refractivity contribution in [1.82, 2.24) is 4.57 Å². The van der Waals surface area contributed by atoms with E-state index >= 15 is 0 Å². The van der Waals surface area contributed by atoms with E-state index in [1.807, 2.05) is 0 Å². The van der Waals surface area contributed by atoms with Gasteiger partial charge in [0.2, 0.25) is 0 Å². The Morgan fingerprint density at radius 3 is 3.00 bits per heavy atom. The van der Waals surface area contributed by atoms with Crippen LogP contribution in [0.4, 0.5) is 5.69 Å². The van der Waals surface area contributed by atoms with Crippen LogP contribution >= 0.6 is 11.8 Å². The lowest BCUT2D eigenvalue weighted by Crippen LogP contribution is -2.19. The Morgan fingerprint density at radius 2 is 2.31 bits per heavy atom. The molecule has 0 amide bonds. The van der Waals surface area contributed by atoms with E-state index in [-0.39, 0.29) is 5.56 Å². The Balaban J connectivity index is 2.65. The zero-order valence-corrected chi connectivity index (χ0v) is 8.51. The van der Waals surface area contributed by atoms with Gasteiger partial charge < -0.3 is 10.3 Å². The minimum atomic E-state index is 0.0234. The molecule has 0 spiro atoms. The highest BCUT2D eigenvalue weighted by atomic mass is 32.2. The summed E-state index contributed by atoms with van der Waals surface area (Å²) in [6.45, 7) is 0.755. The number of thioether (sulfide) groups is 1. The first kappa shape index (κ1) is 10.2. The summed E-state index contributed by atoms with van der Waals surface area (Å²) in [4.78, 5) is 11.3. The maximum atomic E-state index is 11.3. The normalized spacial score (nSPS) is 10.2. The van der Waals surface area contributed by atoms with Crippen LogP contribution in [-0.4, -0.2) is 16.6 Å². The maximum Gasteiger partial charge on any atom is 0.250 e. The third-order valence-corrected chi connectivity index (χ3v) is 2.45. The molecule has 0 saturated carbocycles. The van der Waals surface area contributed by atoms with Crippen LogP contribution in [0.3, 0.4) is 0 Å². The van der Waals surface area contributed by atoms with E-state index in [2.05, 4.69) is 6.26 Å². The molecule has 1 rings (SSSR count). The minimum absolute atomic E-state index is 0.0234. The highest BCUT2D eigenvalue weighted by Gasteiger charge is 1.95. The molecule has 1 heterocycles. The van der Waals surface area contributed by atoms with Gasteiger partial charge in [0.1, 0.15) is 0 Å². The smallest absolute Gasteiger partial charge is 0.250 e. The molecule has 0 aliphatic rings. The minimum Gasteiger partial charge on any atom is -0.398 e. The van der Waals surface area contributed by atoms with Crippen LogP contribution in [0, 0.1) is 0 Å². The van der Waals surface area contributed by atoms with Crippen LogP contribution in [-0.2, 0) is 6.54 Å². The fraction of sp³-hybridized carbons (Fsp3) is 0.444. The Bertz CT molecular complexity index is 322. The van der Waals surface area contributed by atoms with Crippen molar-refractivity contribution in [2.45, 2.75) is 13.0 Å². The van der Waals surface area contributed by atoms with Crippen molar-refractivity contribution in [1.29, 1.82) is 0 Å². The molecule has 0 unspecified atom stereocenters. The Labute approximate surface area is 81.9 Å². The molecule has 0 aromatic carbocycles. The first-order valence-electron chi connectivity index (χ1n) is 4.19. The fourth-order valence-electron chi connectivity index (χ4n) is 1.10. The second-order valence-corrected chi connectivity index (χ2v) is 3.83. The van der Waals surface area contributed by atoms with Gasteiger partial charge in [-0.15, -0.1) is 0 Å². The molecule has 0 saturated heterocycles. The van der Waals surface area contributed by atoms with Crippen LogP contribution in [0.25, 0.3) is 0 Å². The number of nitrogen functional groups attached to an aromatic ring is 1. The van der Waals surface area contributed by atoms with Crippen molar-refractivity contribution >= 4 is 17.4 Å². The zero-order valence-electron chi connectivity index (χ0n) is 7.69. The molecule has 0 atom stereocenters. The van der Waals surface area contributed by atoms with E-state index in [0.29, 0.717) is 5.69 Å². The highest BCUT2D eigenvalue weighted by molar-refractivity contribution is 7.98. The third kappa shape index (κ3) is 3.14. The predicted molar refractivity (Wildman–Crippen MR) is 58.1 cm³/mol. The SMILES string of the molecule is CSCCCn1cc(N)ccc1=O. The standard InChI is InChI=1S/C9H14N2OS/c1-13-6-2-5-11-7-8(10)3-4-9(11)12/h3-4,7H,2,5-6,10H2,1H3. The third-order valence-electron chi connectivity index (χ3n) is 1.75. The average molecular weight is 198 g/mol. The molecule has 0 aliphatic heterocycles. The molecular formula is C9H14N2OS. The Hall–Kier alpha value is -0.900. The van der Waals surface area contributed by atoms with Crippen molar-refractivity contribution < 1.29 is 0 Å². The van der Waals surface area contributed by atoms with E-state index in [4.69, 9.17) is 5.73 Å². The van der Waals surface area contributed by atoms with Crippen LogP contribution in [0.1, 0.15) is 6.42 Å². The van der Waals surface area contributed by atoms with Gasteiger partial charge in [-0.05, 0) is 24.5 Å². The van der Waals surface area contributed by atoms with E-state index in [1.165, 1.54) is 6.07 Å². The lowest BCUT2D eigenvalue weighted by Gasteiger charge is -2.04. The van der Waals surface area contributed by atoms with Gasteiger partial charge >= 0.3 is 0 Å². The van der Waals surface area contributed by atoms with Gasteiger partial charge in [0.05, 0.1) is 0 Å². The number of anilines is 1. The molecule has 0 fully saturated rings. The van der Waals surface area contributed by atoms with E-state index < -0.39 is 0 Å². The van der Waals surface area contributed by atoms with Crippen LogP contribution in [0.15, 0.2) is 23.1 Å². The van der Waals surface area contributed by atoms with Crippen molar-refractivity contribution in [3.8, 4) is 0 Å². The molecule has 13 heavy (non-hydrogen) atoms. The zero-order chi connectivity index (χ0) is 9.68. The summed E-state index contributed by atoms with van der Waals surface area (Å²) in [5, 5.41) is 0. The number of nitrogens with two attached hydrogens (primary N) is 1. The van der Waals surface area contributed by atoms with Gasteiger partial charge in [-0.3, -0.25) is 4.79 Å². The lowest BCUT2D eigenvalue weighted by atomic mass is 10.4. The van der Waals surface area contributed by atoms with Gasteiger partial charge in [-0.25, -0.2) is 0 Å². The molecule has 3 nitrogen and oxygen atoms in total. The summed E-state index contributed by atoms with van der Waals surface area (Å²) in [6, 6.07) is 3.14. The number of aromatic nitrogens is 1. The maximum absolute atomic E-state index is 11.3. The van der Waals surface area contributed by atoms with Crippen molar-refractivity contribution in [3.63, 3.8) is 0 Å². The molecule has 0 aliphatic carbocycles. The quantitative estimate of drug-likeness (QED) is 0.739. The van der Waals surface area contributed by atoms with E-state index in [1.54, 1.807) is 28.6 Å². The Morgan fingerprint density at radius 1 is 1.54 bits per heavy atom. The van der Waals surface area contributed by atoms with Gasteiger partial charge in [0, 0.05) is 24.5 Å². The molecule has 4 heteroatoms. The number of nitrogens with zero attached hydrogens (tertiary/aromatic N) is 1. The highest BCUT2D eigenvalue weighted by Crippen LogP contribution is 2.00. The Kier molecular flexibility index (Phi) is 3.89. The predicted octanol–water partition coefficient (Wildman–Crippen LogP) is 1.18. The first-order chi connectivity index (χ1) is 6.24. The van der Waals surface area contributed by atoms with Crippen molar-refractivity contribution in [2.24, 2.45) is 0 Å². The topological polar surface area (TPSA) is 48.0 Å². The van der Waals surface area contributed by atoms with Gasteiger partial charge in [-0.2, -0.15) is 11.8 Å². The van der Waals surface area contributed by atoms with Gasteiger partial charge in [0.25, 0.3) is 5.56 Å². The number of aryl methyl sites for hydroxylation is 1. The average Bonchev–Trinajstić information content (AvgIpc) is 2.11. The van der Waals surface area contributed by atoms with Crippen LogP contribution < -0.4 is 11.3 Å². The molecule has 0 radical (unpaired) electrons. The summed E-state index contributed by atoms with van der Waals surface area (Å²) < 4.78 is 1.66. The monoisotopic (exact) mass is 198 g/mol. The number of hydrogen-bond donors (Lipinski definition) is 1. The summed E-state index contributed by atoms with van der Waals surface area (Å²) in [5.41, 5.74) is 6.23. The number of pyridine rings is 1. The summed E-state index contributed by atoms with van der Waals surface area (Å²) in [7, 11) is 0. The number of rotatable bonds is 4. The summed E-state index contributed by atoms with van der Waals surface area (Å²) in [5.74, 6) is 1.07. The molecule has 1 aromatic rings. The largest absolute Gasteiger partial charge is 0.398 e. The fourth-order valence-corrected chi connectivity index (χ4v) is 1.52. The molecule has 72 valence electrons. The molecule has 1 aromatic heterocycles. The van der Waals surface area contributed by atoms with Crippen LogP contribution in [0.2, 0.25) is 0 Å². The van der Waals surface area contributed by atoms with Gasteiger partial charge in [0.15, 0.2) is 0 Å². The summed E-state index contributed by atoms with van der Waals surface area (Å²) >= 11 is 1.78. The van der Waals surface area contributed by atoms with E-state index in [0.717, 1.165) is 18.7 Å². The van der Waals surface area contributed by atoms with Crippen molar-refractivity contribution in [2.75, 3.05) is 17.7 Å². The lowest BCUT2D eigenvalue weighted by molar-refractivity contribution is 0.660.